The van der Waals surface area contributed by atoms with Crippen molar-refractivity contribution in [2.45, 2.75) is 140 Å². The Morgan fingerprint density at radius 1 is 0.720 bits per heavy atom. The summed E-state index contributed by atoms with van der Waals surface area (Å²) in [6.45, 7) is 2.29. The molecule has 0 saturated carbocycles. The number of aliphatic hydroxyl groups is 1. The summed E-state index contributed by atoms with van der Waals surface area (Å²) < 4.78 is 0. The second-order valence-corrected chi connectivity index (χ2v) is 9.18. The third-order valence-electron chi connectivity index (χ3n) is 6.96. The van der Waals surface area contributed by atoms with E-state index in [9.17, 15) is 5.11 Å². The molecule has 2 atom stereocenters. The molecule has 2 heterocycles. The number of unbranched alkanes of at least 4 members (excludes halogenated alkanes) is 12. The summed E-state index contributed by atoms with van der Waals surface area (Å²) in [7, 11) is 2.26. The van der Waals surface area contributed by atoms with E-state index in [4.69, 9.17) is 0 Å². The van der Waals surface area contributed by atoms with Gasteiger partial charge in [-0.2, -0.15) is 0 Å². The Morgan fingerprint density at radius 2 is 1.12 bits per heavy atom. The van der Waals surface area contributed by atoms with Crippen molar-refractivity contribution in [3.05, 3.63) is 0 Å². The molecule has 0 aromatic heterocycles. The molecule has 2 rings (SSSR count). The Hall–Kier alpha value is -0.0800. The first-order valence-corrected chi connectivity index (χ1v) is 11.6. The van der Waals surface area contributed by atoms with Gasteiger partial charge in [-0.25, -0.2) is 0 Å². The fourth-order valence-corrected chi connectivity index (χ4v) is 5.22. The van der Waals surface area contributed by atoms with Crippen molar-refractivity contribution in [2.24, 2.45) is 0 Å². The Bertz CT molecular complexity index is 329. The Kier molecular flexibility index (Phi) is 9.84. The standard InChI is InChI=1S/C23H45NO/c1-3-4-5-6-7-8-9-10-11-12-13-14-15-18-23(25)19-21-16-17-22(20-23)24(21)2/h21-22,25H,3-20H2,1-2H3. The molecule has 0 radical (unpaired) electrons. The molecule has 1 N–H and O–H groups in total. The van der Waals surface area contributed by atoms with E-state index in [1.54, 1.807) is 0 Å². The topological polar surface area (TPSA) is 23.5 Å². The smallest absolute Gasteiger partial charge is 0.0677 e. The van der Waals surface area contributed by atoms with Gasteiger partial charge >= 0.3 is 0 Å². The third-order valence-corrected chi connectivity index (χ3v) is 6.96. The molecule has 0 amide bonds. The van der Waals surface area contributed by atoms with Gasteiger partial charge in [-0.3, -0.25) is 0 Å². The van der Waals surface area contributed by atoms with Gasteiger partial charge in [0, 0.05) is 12.1 Å². The molecule has 2 heteroatoms. The first kappa shape index (κ1) is 21.2. The lowest BCUT2D eigenvalue weighted by Gasteiger charge is -2.42. The SMILES string of the molecule is CCCCCCCCCCCCCCCC1(O)CC2CCC(C1)N2C. The van der Waals surface area contributed by atoms with Crippen LogP contribution in [0.1, 0.15) is 122 Å². The van der Waals surface area contributed by atoms with E-state index < -0.39 is 0 Å². The fourth-order valence-electron chi connectivity index (χ4n) is 5.22. The van der Waals surface area contributed by atoms with Gasteiger partial charge in [-0.1, -0.05) is 90.4 Å². The average molecular weight is 352 g/mol. The number of nitrogens with zero attached hydrogens (tertiary/aromatic N) is 1. The van der Waals surface area contributed by atoms with Crippen LogP contribution in [0.2, 0.25) is 0 Å². The van der Waals surface area contributed by atoms with Crippen LogP contribution in [0, 0.1) is 0 Å². The quantitative estimate of drug-likeness (QED) is 0.363. The van der Waals surface area contributed by atoms with Crippen molar-refractivity contribution in [2.75, 3.05) is 7.05 Å². The number of hydrogen-bond donors (Lipinski definition) is 1. The van der Waals surface area contributed by atoms with Gasteiger partial charge in [0.25, 0.3) is 0 Å². The van der Waals surface area contributed by atoms with Crippen LogP contribution in [0.5, 0.6) is 0 Å². The molecule has 0 aromatic carbocycles. The van der Waals surface area contributed by atoms with Crippen LogP contribution in [-0.4, -0.2) is 34.7 Å². The number of fused-ring (bicyclic) bond motifs is 2. The molecule has 0 aromatic rings. The zero-order chi connectivity index (χ0) is 18.0. The van der Waals surface area contributed by atoms with Crippen molar-refractivity contribution in [3.8, 4) is 0 Å². The average Bonchev–Trinajstić information content (AvgIpc) is 2.82. The van der Waals surface area contributed by atoms with Gasteiger partial charge in [0.2, 0.25) is 0 Å². The van der Waals surface area contributed by atoms with Crippen LogP contribution in [-0.2, 0) is 0 Å². The number of rotatable bonds is 14. The molecule has 0 aliphatic carbocycles. The number of hydrogen-bond acceptors (Lipinski definition) is 2. The molecule has 2 unspecified atom stereocenters. The van der Waals surface area contributed by atoms with Crippen molar-refractivity contribution in [1.29, 1.82) is 0 Å². The predicted octanol–water partition coefficient (Wildman–Crippen LogP) is 6.46. The summed E-state index contributed by atoms with van der Waals surface area (Å²) in [6, 6.07) is 1.32. The molecular weight excluding hydrogens is 306 g/mol. The minimum absolute atomic E-state index is 0.337. The minimum Gasteiger partial charge on any atom is -0.390 e. The van der Waals surface area contributed by atoms with Crippen LogP contribution in [0.25, 0.3) is 0 Å². The van der Waals surface area contributed by atoms with Crippen LogP contribution in [0.4, 0.5) is 0 Å². The summed E-state index contributed by atoms with van der Waals surface area (Å²) in [5, 5.41) is 10.9. The lowest BCUT2D eigenvalue weighted by Crippen LogP contribution is -2.49. The summed E-state index contributed by atoms with van der Waals surface area (Å²) in [4.78, 5) is 2.53. The first-order valence-electron chi connectivity index (χ1n) is 11.6. The van der Waals surface area contributed by atoms with E-state index in [0.717, 1.165) is 19.3 Å². The van der Waals surface area contributed by atoms with Gasteiger partial charge in [-0.15, -0.1) is 0 Å². The normalized spacial score (nSPS) is 29.4. The number of piperidine rings is 1. The second-order valence-electron chi connectivity index (χ2n) is 9.18. The maximum atomic E-state index is 10.9. The molecule has 0 spiro atoms. The maximum Gasteiger partial charge on any atom is 0.0677 e. The molecule has 2 bridgehead atoms. The van der Waals surface area contributed by atoms with Crippen LogP contribution < -0.4 is 0 Å². The molecule has 148 valence electrons. The van der Waals surface area contributed by atoms with E-state index in [-0.39, 0.29) is 5.60 Å². The second kappa shape index (κ2) is 11.6. The minimum atomic E-state index is -0.337. The highest BCUT2D eigenvalue weighted by molar-refractivity contribution is 5.00. The van der Waals surface area contributed by atoms with E-state index in [1.165, 1.54) is 96.3 Å². The molecule has 2 nitrogen and oxygen atoms in total. The van der Waals surface area contributed by atoms with E-state index in [0.29, 0.717) is 12.1 Å². The lowest BCUT2D eigenvalue weighted by atomic mass is 9.82. The van der Waals surface area contributed by atoms with Crippen molar-refractivity contribution < 1.29 is 5.11 Å². The summed E-state index contributed by atoms with van der Waals surface area (Å²) >= 11 is 0. The van der Waals surface area contributed by atoms with Gasteiger partial charge in [0.1, 0.15) is 0 Å². The lowest BCUT2D eigenvalue weighted by molar-refractivity contribution is -0.0514. The molecule has 2 fully saturated rings. The summed E-state index contributed by atoms with van der Waals surface area (Å²) in [5.41, 5.74) is -0.337. The summed E-state index contributed by atoms with van der Waals surface area (Å²) in [5.74, 6) is 0. The van der Waals surface area contributed by atoms with Crippen LogP contribution >= 0.6 is 0 Å². The Balaban J connectivity index is 1.38. The van der Waals surface area contributed by atoms with Gasteiger partial charge in [0.05, 0.1) is 5.60 Å². The zero-order valence-electron chi connectivity index (χ0n) is 17.3. The third kappa shape index (κ3) is 7.59. The first-order chi connectivity index (χ1) is 12.1. The Morgan fingerprint density at radius 3 is 1.56 bits per heavy atom. The maximum absolute atomic E-state index is 10.9. The van der Waals surface area contributed by atoms with Gasteiger partial charge in [-0.05, 0) is 39.2 Å². The highest BCUT2D eigenvalue weighted by Crippen LogP contribution is 2.41. The molecule has 2 saturated heterocycles. The van der Waals surface area contributed by atoms with Crippen LogP contribution in [0.15, 0.2) is 0 Å². The molecular formula is C23H45NO. The van der Waals surface area contributed by atoms with E-state index in [2.05, 4.69) is 18.9 Å². The molecule has 2 aliphatic heterocycles. The highest BCUT2D eigenvalue weighted by atomic mass is 16.3. The van der Waals surface area contributed by atoms with Crippen LogP contribution in [0.3, 0.4) is 0 Å². The van der Waals surface area contributed by atoms with Crippen molar-refractivity contribution in [1.82, 2.24) is 4.90 Å². The molecule has 2 aliphatic rings. The zero-order valence-corrected chi connectivity index (χ0v) is 17.3. The molecule has 25 heavy (non-hydrogen) atoms. The summed E-state index contributed by atoms with van der Waals surface area (Å²) in [6.07, 6.45) is 23.9. The Labute approximate surface area is 157 Å². The van der Waals surface area contributed by atoms with Gasteiger partial charge < -0.3 is 10.0 Å². The largest absolute Gasteiger partial charge is 0.390 e. The van der Waals surface area contributed by atoms with Crippen molar-refractivity contribution >= 4 is 0 Å². The van der Waals surface area contributed by atoms with E-state index in [1.807, 2.05) is 0 Å². The monoisotopic (exact) mass is 351 g/mol. The van der Waals surface area contributed by atoms with Gasteiger partial charge in [0.15, 0.2) is 0 Å². The van der Waals surface area contributed by atoms with Crippen molar-refractivity contribution in [3.63, 3.8) is 0 Å². The fraction of sp³-hybridized carbons (Fsp3) is 1.00. The highest BCUT2D eigenvalue weighted by Gasteiger charge is 2.45. The van der Waals surface area contributed by atoms with E-state index >= 15 is 0 Å². The predicted molar refractivity (Wildman–Crippen MR) is 109 cm³/mol.